The van der Waals surface area contributed by atoms with Crippen molar-refractivity contribution < 1.29 is 5.11 Å². The van der Waals surface area contributed by atoms with Crippen molar-refractivity contribution in [2.24, 2.45) is 5.41 Å². The van der Waals surface area contributed by atoms with Gasteiger partial charge in [0.15, 0.2) is 0 Å². The molecular weight excluding hydrogens is 222 g/mol. The third-order valence-electron chi connectivity index (χ3n) is 3.89. The predicted molar refractivity (Wildman–Crippen MR) is 75.7 cm³/mol. The minimum Gasteiger partial charge on any atom is -0.396 e. The Morgan fingerprint density at radius 2 is 1.89 bits per heavy atom. The van der Waals surface area contributed by atoms with E-state index in [0.29, 0.717) is 12.0 Å². The summed E-state index contributed by atoms with van der Waals surface area (Å²) in [6.07, 6.45) is 2.03. The average Bonchev–Trinajstić information content (AvgIpc) is 2.32. The molecule has 0 radical (unpaired) electrons. The van der Waals surface area contributed by atoms with Gasteiger partial charge >= 0.3 is 0 Å². The summed E-state index contributed by atoms with van der Waals surface area (Å²) in [6, 6.07) is 10.8. The Bertz CT molecular complexity index is 355. The standard InChI is InChI=1S/C16H25NO/c1-16(2,9-6-10-18)13-17-11-15(12-17)14-7-4-3-5-8-14/h3-5,7-8,15,18H,6,9-13H2,1-2H3. The van der Waals surface area contributed by atoms with E-state index in [-0.39, 0.29) is 0 Å². The van der Waals surface area contributed by atoms with E-state index in [2.05, 4.69) is 49.1 Å². The first-order valence-corrected chi connectivity index (χ1v) is 6.99. The maximum Gasteiger partial charge on any atom is 0.0431 e. The third-order valence-corrected chi connectivity index (χ3v) is 3.89. The maximum atomic E-state index is 8.91. The van der Waals surface area contributed by atoms with Crippen LogP contribution in [0.1, 0.15) is 38.2 Å². The molecule has 1 aliphatic heterocycles. The molecule has 0 saturated carbocycles. The van der Waals surface area contributed by atoms with Crippen molar-refractivity contribution in [2.75, 3.05) is 26.2 Å². The highest BCUT2D eigenvalue weighted by molar-refractivity contribution is 5.22. The van der Waals surface area contributed by atoms with E-state index in [9.17, 15) is 0 Å². The molecule has 2 rings (SSSR count). The first kappa shape index (κ1) is 13.6. The monoisotopic (exact) mass is 247 g/mol. The quantitative estimate of drug-likeness (QED) is 0.835. The van der Waals surface area contributed by atoms with Gasteiger partial charge in [-0.15, -0.1) is 0 Å². The van der Waals surface area contributed by atoms with E-state index >= 15 is 0 Å². The second-order valence-electron chi connectivity index (χ2n) is 6.29. The van der Waals surface area contributed by atoms with E-state index in [1.165, 1.54) is 18.7 Å². The van der Waals surface area contributed by atoms with Crippen LogP contribution in [-0.2, 0) is 0 Å². The molecule has 0 spiro atoms. The van der Waals surface area contributed by atoms with Gasteiger partial charge in [-0.2, -0.15) is 0 Å². The number of nitrogens with zero attached hydrogens (tertiary/aromatic N) is 1. The van der Waals surface area contributed by atoms with E-state index < -0.39 is 0 Å². The zero-order chi connectivity index (χ0) is 13.0. The summed E-state index contributed by atoms with van der Waals surface area (Å²) in [4.78, 5) is 2.54. The highest BCUT2D eigenvalue weighted by Crippen LogP contribution is 2.31. The fourth-order valence-corrected chi connectivity index (χ4v) is 2.88. The molecule has 1 fully saturated rings. The van der Waals surface area contributed by atoms with Crippen LogP contribution in [0.3, 0.4) is 0 Å². The third kappa shape index (κ3) is 3.56. The van der Waals surface area contributed by atoms with Crippen molar-refractivity contribution in [3.8, 4) is 0 Å². The van der Waals surface area contributed by atoms with E-state index in [1.807, 2.05) is 0 Å². The fraction of sp³-hybridized carbons (Fsp3) is 0.625. The van der Waals surface area contributed by atoms with Crippen molar-refractivity contribution >= 4 is 0 Å². The van der Waals surface area contributed by atoms with Crippen LogP contribution in [0.15, 0.2) is 30.3 Å². The summed E-state index contributed by atoms with van der Waals surface area (Å²) in [5.41, 5.74) is 1.80. The van der Waals surface area contributed by atoms with Gasteiger partial charge in [0, 0.05) is 32.2 Å². The summed E-state index contributed by atoms with van der Waals surface area (Å²) >= 11 is 0. The average molecular weight is 247 g/mol. The zero-order valence-electron chi connectivity index (χ0n) is 11.6. The molecule has 0 atom stereocenters. The number of rotatable bonds is 6. The van der Waals surface area contributed by atoms with Crippen molar-refractivity contribution in [3.63, 3.8) is 0 Å². The Kier molecular flexibility index (Phi) is 4.41. The van der Waals surface area contributed by atoms with Gasteiger partial charge in [0.2, 0.25) is 0 Å². The molecule has 1 aliphatic rings. The summed E-state index contributed by atoms with van der Waals surface area (Å²) < 4.78 is 0. The molecular formula is C16H25NO. The molecule has 2 nitrogen and oxygen atoms in total. The van der Waals surface area contributed by atoms with Crippen LogP contribution < -0.4 is 0 Å². The predicted octanol–water partition coefficient (Wildman–Crippen LogP) is 2.88. The Morgan fingerprint density at radius 3 is 2.50 bits per heavy atom. The topological polar surface area (TPSA) is 23.5 Å². The van der Waals surface area contributed by atoms with E-state index in [0.717, 1.165) is 25.3 Å². The minimum atomic E-state index is 0.316. The molecule has 1 aromatic rings. The molecule has 1 heterocycles. The molecule has 0 bridgehead atoms. The van der Waals surface area contributed by atoms with Gasteiger partial charge in [0.25, 0.3) is 0 Å². The van der Waals surface area contributed by atoms with Crippen molar-refractivity contribution in [3.05, 3.63) is 35.9 Å². The second-order valence-corrected chi connectivity index (χ2v) is 6.29. The van der Waals surface area contributed by atoms with Gasteiger partial charge in [0.1, 0.15) is 0 Å². The van der Waals surface area contributed by atoms with Crippen LogP contribution in [0, 0.1) is 5.41 Å². The molecule has 0 amide bonds. The number of hydrogen-bond acceptors (Lipinski definition) is 2. The molecule has 0 unspecified atom stereocenters. The van der Waals surface area contributed by atoms with E-state index in [4.69, 9.17) is 5.11 Å². The van der Waals surface area contributed by atoms with Crippen LogP contribution in [0.25, 0.3) is 0 Å². The lowest BCUT2D eigenvalue weighted by atomic mass is 9.84. The fourth-order valence-electron chi connectivity index (χ4n) is 2.88. The normalized spacial score (nSPS) is 17.7. The smallest absolute Gasteiger partial charge is 0.0431 e. The molecule has 1 N–H and O–H groups in total. The van der Waals surface area contributed by atoms with Gasteiger partial charge in [-0.1, -0.05) is 44.2 Å². The zero-order valence-corrected chi connectivity index (χ0v) is 11.6. The van der Waals surface area contributed by atoms with Crippen molar-refractivity contribution in [1.29, 1.82) is 0 Å². The molecule has 0 aromatic heterocycles. The number of aliphatic hydroxyl groups excluding tert-OH is 1. The molecule has 18 heavy (non-hydrogen) atoms. The Balaban J connectivity index is 1.76. The molecule has 0 aliphatic carbocycles. The minimum absolute atomic E-state index is 0.316. The SMILES string of the molecule is CC(C)(CCCO)CN1CC(c2ccccc2)C1. The summed E-state index contributed by atoms with van der Waals surface area (Å²) in [7, 11) is 0. The highest BCUT2D eigenvalue weighted by Gasteiger charge is 2.31. The summed E-state index contributed by atoms with van der Waals surface area (Å²) in [5, 5.41) is 8.91. The Morgan fingerprint density at radius 1 is 1.22 bits per heavy atom. The van der Waals surface area contributed by atoms with Crippen molar-refractivity contribution in [1.82, 2.24) is 4.90 Å². The molecule has 1 aromatic carbocycles. The number of hydrogen-bond donors (Lipinski definition) is 1. The van der Waals surface area contributed by atoms with Gasteiger partial charge in [-0.05, 0) is 23.8 Å². The van der Waals surface area contributed by atoms with Gasteiger partial charge in [-0.3, -0.25) is 0 Å². The first-order valence-electron chi connectivity index (χ1n) is 6.99. The first-order chi connectivity index (χ1) is 8.61. The molecule has 1 saturated heterocycles. The van der Waals surface area contributed by atoms with E-state index in [1.54, 1.807) is 0 Å². The highest BCUT2D eigenvalue weighted by atomic mass is 16.2. The van der Waals surface area contributed by atoms with Crippen LogP contribution in [0.2, 0.25) is 0 Å². The molecule has 100 valence electrons. The van der Waals surface area contributed by atoms with Crippen LogP contribution in [-0.4, -0.2) is 36.2 Å². The lowest BCUT2D eigenvalue weighted by Crippen LogP contribution is -2.48. The number of benzene rings is 1. The van der Waals surface area contributed by atoms with Crippen molar-refractivity contribution in [2.45, 2.75) is 32.6 Å². The lowest BCUT2D eigenvalue weighted by Gasteiger charge is -2.44. The summed E-state index contributed by atoms with van der Waals surface area (Å²) in [5.74, 6) is 0.722. The number of likely N-dealkylation sites (tertiary alicyclic amines) is 1. The van der Waals surface area contributed by atoms with Gasteiger partial charge in [-0.25, -0.2) is 0 Å². The Labute approximate surface area is 111 Å². The molecule has 2 heteroatoms. The number of aliphatic hydroxyl groups is 1. The van der Waals surface area contributed by atoms with Gasteiger partial charge in [0.05, 0.1) is 0 Å². The van der Waals surface area contributed by atoms with Crippen LogP contribution in [0.4, 0.5) is 0 Å². The van der Waals surface area contributed by atoms with Gasteiger partial charge < -0.3 is 10.0 Å². The maximum absolute atomic E-state index is 8.91. The second kappa shape index (κ2) is 5.85. The van der Waals surface area contributed by atoms with Crippen LogP contribution in [0.5, 0.6) is 0 Å². The summed E-state index contributed by atoms with van der Waals surface area (Å²) in [6.45, 7) is 8.45. The van der Waals surface area contributed by atoms with Crippen LogP contribution >= 0.6 is 0 Å². The Hall–Kier alpha value is -0.860. The largest absolute Gasteiger partial charge is 0.396 e. The lowest BCUT2D eigenvalue weighted by molar-refractivity contribution is 0.0849.